The van der Waals surface area contributed by atoms with Crippen LogP contribution >= 0.6 is 0 Å². The number of carbonyl (C=O) groups is 3. The molecule has 0 unspecified atom stereocenters. The van der Waals surface area contributed by atoms with Gasteiger partial charge in [0.1, 0.15) is 0 Å². The Bertz CT molecular complexity index is 1530. The van der Waals surface area contributed by atoms with Gasteiger partial charge in [-0.3, -0.25) is 0 Å². The largest absolute Gasteiger partial charge is 0.465 e. The molecule has 10 heteroatoms. The molecule has 3 aromatic rings. The van der Waals surface area contributed by atoms with Crippen LogP contribution in [-0.4, -0.2) is 38.5 Å². The summed E-state index contributed by atoms with van der Waals surface area (Å²) in [4.78, 5) is 36.3. The van der Waals surface area contributed by atoms with Crippen molar-refractivity contribution in [1.82, 2.24) is 10.6 Å². The lowest BCUT2D eigenvalue weighted by atomic mass is 10.0. The van der Waals surface area contributed by atoms with E-state index in [9.17, 15) is 14.4 Å². The van der Waals surface area contributed by atoms with Gasteiger partial charge in [-0.25, -0.2) is 14.4 Å². The van der Waals surface area contributed by atoms with Crippen LogP contribution in [0.1, 0.15) is 43.7 Å². The number of amides is 2. The predicted molar refractivity (Wildman–Crippen MR) is 157 cm³/mol. The Labute approximate surface area is 244 Å². The second kappa shape index (κ2) is 16.7. The molecule has 0 aliphatic carbocycles. The number of nitrogens with one attached hydrogen (secondary N) is 2. The molecule has 3 rings (SSSR count). The van der Waals surface area contributed by atoms with Gasteiger partial charge in [0.05, 0.1) is 12.7 Å². The first-order valence-corrected chi connectivity index (χ1v) is 13.0. The summed E-state index contributed by atoms with van der Waals surface area (Å²) in [6, 6.07) is 19.9. The van der Waals surface area contributed by atoms with Gasteiger partial charge < -0.3 is 36.3 Å². The van der Waals surface area contributed by atoms with Crippen LogP contribution in [0.3, 0.4) is 0 Å². The minimum absolute atomic E-state index is 0.151. The fourth-order valence-corrected chi connectivity index (χ4v) is 3.67. The van der Waals surface area contributed by atoms with Crippen molar-refractivity contribution in [2.24, 2.45) is 11.5 Å². The molecule has 10 nitrogen and oxygen atoms in total. The second-order valence-corrected chi connectivity index (χ2v) is 8.76. The lowest BCUT2D eigenvalue weighted by molar-refractivity contribution is 0.0600. The Morgan fingerprint density at radius 2 is 1.24 bits per heavy atom. The molecule has 0 saturated carbocycles. The van der Waals surface area contributed by atoms with E-state index >= 15 is 0 Å². The Hall–Kier alpha value is -5.29. The van der Waals surface area contributed by atoms with Crippen molar-refractivity contribution in [3.63, 3.8) is 0 Å². The monoisotopic (exact) mass is 568 g/mol. The number of carbonyl (C=O) groups excluding carboxylic acids is 3. The molecule has 0 fully saturated rings. The number of esters is 1. The van der Waals surface area contributed by atoms with Crippen molar-refractivity contribution in [3.8, 4) is 23.7 Å². The molecule has 6 N–H and O–H groups in total. The van der Waals surface area contributed by atoms with Gasteiger partial charge in [0.15, 0.2) is 13.2 Å². The Balaban J connectivity index is 1.50. The summed E-state index contributed by atoms with van der Waals surface area (Å²) in [5, 5.41) is 5.30. The highest BCUT2D eigenvalue weighted by Crippen LogP contribution is 2.12. The van der Waals surface area contributed by atoms with E-state index in [1.54, 1.807) is 12.1 Å². The summed E-state index contributed by atoms with van der Waals surface area (Å²) in [7, 11) is 1.26. The number of hydrogen-bond donors (Lipinski definition) is 4. The number of nitrogens with two attached hydrogens (primary N) is 2. The van der Waals surface area contributed by atoms with Crippen LogP contribution in [0.15, 0.2) is 66.7 Å². The van der Waals surface area contributed by atoms with Crippen LogP contribution < -0.4 is 22.1 Å². The summed E-state index contributed by atoms with van der Waals surface area (Å²) < 4.78 is 15.0. The first-order valence-electron chi connectivity index (χ1n) is 13.0. The number of benzene rings is 3. The van der Waals surface area contributed by atoms with E-state index in [0.29, 0.717) is 30.8 Å². The zero-order valence-corrected chi connectivity index (χ0v) is 23.2. The van der Waals surface area contributed by atoms with Gasteiger partial charge in [-0.1, -0.05) is 72.2 Å². The van der Waals surface area contributed by atoms with Crippen LogP contribution in [0.5, 0.6) is 0 Å². The molecule has 0 spiro atoms. The van der Waals surface area contributed by atoms with E-state index in [4.69, 9.17) is 25.7 Å². The molecule has 0 heterocycles. The third kappa shape index (κ3) is 10.4. The normalized spacial score (nSPS) is 9.79. The molecule has 216 valence electrons. The first kappa shape index (κ1) is 31.2. The second-order valence-electron chi connectivity index (χ2n) is 8.76. The first-order chi connectivity index (χ1) is 20.4. The highest BCUT2D eigenvalue weighted by Gasteiger charge is 2.11. The summed E-state index contributed by atoms with van der Waals surface area (Å²) in [6.45, 7) is 1.07. The van der Waals surface area contributed by atoms with E-state index in [0.717, 1.165) is 22.3 Å². The molecule has 3 aromatic carbocycles. The lowest BCUT2D eigenvalue weighted by Crippen LogP contribution is -2.24. The SMILES string of the molecule is COC(=O)c1cc(C#CCOC(=O)NCc2cccc(CN)c2)ccc1C#CCOC(=O)NCc1cccc(CN)c1. The quantitative estimate of drug-likeness (QED) is 0.175. The molecular formula is C32H32N4O6. The number of rotatable bonds is 9. The average molecular weight is 569 g/mol. The van der Waals surface area contributed by atoms with E-state index in [-0.39, 0.29) is 25.3 Å². The highest BCUT2D eigenvalue weighted by atomic mass is 16.6. The molecule has 0 bridgehead atoms. The fraction of sp³-hybridized carbons (Fsp3) is 0.219. The number of ether oxygens (including phenoxy) is 3. The highest BCUT2D eigenvalue weighted by molar-refractivity contribution is 5.92. The van der Waals surface area contributed by atoms with Gasteiger partial charge in [0.25, 0.3) is 0 Å². The van der Waals surface area contributed by atoms with Crippen molar-refractivity contribution < 1.29 is 28.6 Å². The fourth-order valence-electron chi connectivity index (χ4n) is 3.67. The zero-order chi connectivity index (χ0) is 30.2. The summed E-state index contributed by atoms with van der Waals surface area (Å²) >= 11 is 0. The van der Waals surface area contributed by atoms with E-state index in [2.05, 4.69) is 34.3 Å². The average Bonchev–Trinajstić information content (AvgIpc) is 3.03. The minimum atomic E-state index is -0.627. The lowest BCUT2D eigenvalue weighted by Gasteiger charge is -2.06. The number of alkyl carbamates (subject to hydrolysis) is 2. The maximum Gasteiger partial charge on any atom is 0.408 e. The third-order valence-corrected chi connectivity index (χ3v) is 5.76. The Morgan fingerprint density at radius 1 is 0.714 bits per heavy atom. The molecule has 2 amide bonds. The maximum atomic E-state index is 12.3. The van der Waals surface area contributed by atoms with Crippen molar-refractivity contribution in [2.45, 2.75) is 26.2 Å². The van der Waals surface area contributed by atoms with Crippen LogP contribution in [-0.2, 0) is 40.4 Å². The van der Waals surface area contributed by atoms with Crippen molar-refractivity contribution in [3.05, 3.63) is 106 Å². The topological polar surface area (TPSA) is 155 Å². The summed E-state index contributed by atoms with van der Waals surface area (Å²) in [6.07, 6.45) is -1.24. The van der Waals surface area contributed by atoms with Crippen LogP contribution in [0.4, 0.5) is 9.59 Å². The molecule has 0 aliphatic rings. The third-order valence-electron chi connectivity index (χ3n) is 5.76. The van der Waals surface area contributed by atoms with Crippen molar-refractivity contribution in [1.29, 1.82) is 0 Å². The Morgan fingerprint density at radius 3 is 1.76 bits per heavy atom. The van der Waals surface area contributed by atoms with E-state index in [1.165, 1.54) is 13.2 Å². The van der Waals surface area contributed by atoms with E-state index < -0.39 is 18.2 Å². The van der Waals surface area contributed by atoms with Gasteiger partial charge in [-0.2, -0.15) is 0 Å². The van der Waals surface area contributed by atoms with E-state index in [1.807, 2.05) is 48.5 Å². The summed E-state index contributed by atoms with van der Waals surface area (Å²) in [5.41, 5.74) is 16.1. The molecule has 0 atom stereocenters. The van der Waals surface area contributed by atoms with Crippen LogP contribution in [0, 0.1) is 23.7 Å². The maximum absolute atomic E-state index is 12.3. The van der Waals surface area contributed by atoms with Crippen LogP contribution in [0.2, 0.25) is 0 Å². The molecule has 0 aromatic heterocycles. The molecule has 0 aliphatic heterocycles. The van der Waals surface area contributed by atoms with Gasteiger partial charge in [-0.05, 0) is 40.5 Å². The minimum Gasteiger partial charge on any atom is -0.465 e. The Kier molecular flexibility index (Phi) is 12.4. The number of methoxy groups -OCH3 is 1. The predicted octanol–water partition coefficient (Wildman–Crippen LogP) is 2.95. The molecular weight excluding hydrogens is 536 g/mol. The van der Waals surface area contributed by atoms with Crippen molar-refractivity contribution in [2.75, 3.05) is 20.3 Å². The molecule has 0 saturated heterocycles. The number of hydrogen-bond acceptors (Lipinski definition) is 8. The molecule has 0 radical (unpaired) electrons. The van der Waals surface area contributed by atoms with Gasteiger partial charge in [0.2, 0.25) is 0 Å². The smallest absolute Gasteiger partial charge is 0.408 e. The molecule has 42 heavy (non-hydrogen) atoms. The van der Waals surface area contributed by atoms with Crippen LogP contribution in [0.25, 0.3) is 0 Å². The van der Waals surface area contributed by atoms with Gasteiger partial charge in [0, 0.05) is 37.3 Å². The van der Waals surface area contributed by atoms with Gasteiger partial charge >= 0.3 is 18.2 Å². The zero-order valence-electron chi connectivity index (χ0n) is 23.2. The summed E-state index contributed by atoms with van der Waals surface area (Å²) in [5.74, 6) is 10.5. The van der Waals surface area contributed by atoms with Crippen molar-refractivity contribution >= 4 is 18.2 Å². The standard InChI is InChI=1S/C32H32N4O6/c1-40-30(37)29-18-23(10-4-14-41-31(38)35-21-26-8-2-6-24(16-26)19-33)12-13-28(29)11-5-15-42-32(39)36-22-27-9-3-7-25(17-27)20-34/h2-3,6-9,12-13,16-18H,14-15,19-22,33-34H2,1H3,(H,35,38)(H,36,39). The van der Waals surface area contributed by atoms with Gasteiger partial charge in [-0.15, -0.1) is 0 Å².